The van der Waals surface area contributed by atoms with Gasteiger partial charge in [0.2, 0.25) is 0 Å². The zero-order chi connectivity index (χ0) is 30.6. The molecule has 3 bridgehead atoms. The van der Waals surface area contributed by atoms with Crippen LogP contribution in [0.3, 0.4) is 0 Å². The topological polar surface area (TPSA) is 12.4 Å². The van der Waals surface area contributed by atoms with E-state index in [2.05, 4.69) is 156 Å². The van der Waals surface area contributed by atoms with Crippen molar-refractivity contribution in [2.75, 3.05) is 6.54 Å². The van der Waals surface area contributed by atoms with E-state index in [0.717, 1.165) is 40.1 Å². The molecule has 216 valence electrons. The molecule has 1 atom stereocenters. The van der Waals surface area contributed by atoms with Crippen molar-refractivity contribution in [1.82, 2.24) is 0 Å². The Labute approximate surface area is 258 Å². The van der Waals surface area contributed by atoms with Crippen LogP contribution in [0.2, 0.25) is 0 Å². The van der Waals surface area contributed by atoms with Gasteiger partial charge in [-0.05, 0) is 95.5 Å². The first kappa shape index (κ1) is 30.0. The summed E-state index contributed by atoms with van der Waals surface area (Å²) in [6.07, 6.45) is 30.6. The molecule has 1 nitrogen and oxygen atoms in total. The third-order valence-electron chi connectivity index (χ3n) is 8.62. The minimum absolute atomic E-state index is 0.0382. The molecule has 43 heavy (non-hydrogen) atoms. The lowest BCUT2D eigenvalue weighted by atomic mass is 9.79. The van der Waals surface area contributed by atoms with E-state index < -0.39 is 0 Å². The first-order valence-electron chi connectivity index (χ1n) is 15.4. The summed E-state index contributed by atoms with van der Waals surface area (Å²) in [5, 5.41) is 0. The molecule has 0 aromatic heterocycles. The van der Waals surface area contributed by atoms with Crippen LogP contribution in [-0.4, -0.2) is 12.3 Å². The van der Waals surface area contributed by atoms with Crippen molar-refractivity contribution in [2.24, 2.45) is 4.99 Å². The second-order valence-corrected chi connectivity index (χ2v) is 11.9. The highest BCUT2D eigenvalue weighted by atomic mass is 14.7. The van der Waals surface area contributed by atoms with E-state index in [1.165, 1.54) is 33.4 Å². The van der Waals surface area contributed by atoms with Crippen LogP contribution in [0.15, 0.2) is 143 Å². The summed E-state index contributed by atoms with van der Waals surface area (Å²) < 4.78 is 0. The summed E-state index contributed by atoms with van der Waals surface area (Å²) in [6.45, 7) is 18.3. The molecule has 0 heterocycles. The van der Waals surface area contributed by atoms with Crippen molar-refractivity contribution in [2.45, 2.75) is 52.9 Å². The zero-order valence-corrected chi connectivity index (χ0v) is 26.5. The zero-order valence-electron chi connectivity index (χ0n) is 26.5. The quantitative estimate of drug-likeness (QED) is 0.224. The molecule has 0 fully saturated rings. The molecule has 0 spiro atoms. The Kier molecular flexibility index (Phi) is 8.92. The number of hydrogen-bond donors (Lipinski definition) is 0. The normalized spacial score (nSPS) is 22.1. The van der Waals surface area contributed by atoms with Crippen molar-refractivity contribution in [1.29, 1.82) is 0 Å². The van der Waals surface area contributed by atoms with Gasteiger partial charge in [-0.15, -0.1) is 0 Å². The van der Waals surface area contributed by atoms with E-state index in [1.807, 2.05) is 13.8 Å². The lowest BCUT2D eigenvalue weighted by Crippen LogP contribution is -2.17. The lowest BCUT2D eigenvalue weighted by molar-refractivity contribution is 0.634. The molecular formula is C42H43N. The number of aliphatic imine (C=N–C) groups is 1. The van der Waals surface area contributed by atoms with E-state index >= 15 is 0 Å². The van der Waals surface area contributed by atoms with Crippen LogP contribution in [-0.2, 0) is 5.41 Å². The molecule has 3 aliphatic rings. The molecule has 0 saturated heterocycles. The average Bonchev–Trinajstić information content (AvgIpc) is 3.53. The Morgan fingerprint density at radius 3 is 2.53 bits per heavy atom. The van der Waals surface area contributed by atoms with Crippen molar-refractivity contribution >= 4 is 23.4 Å². The molecule has 0 N–H and O–H groups in total. The van der Waals surface area contributed by atoms with Gasteiger partial charge in [0.1, 0.15) is 0 Å². The predicted molar refractivity (Wildman–Crippen MR) is 190 cm³/mol. The summed E-state index contributed by atoms with van der Waals surface area (Å²) in [7, 11) is 0. The maximum Gasteiger partial charge on any atom is 0.0395 e. The van der Waals surface area contributed by atoms with Crippen molar-refractivity contribution in [3.8, 4) is 0 Å². The fourth-order valence-electron chi connectivity index (χ4n) is 6.55. The molecule has 0 amide bonds. The van der Waals surface area contributed by atoms with E-state index in [-0.39, 0.29) is 5.41 Å². The van der Waals surface area contributed by atoms with Gasteiger partial charge in [0.15, 0.2) is 0 Å². The second kappa shape index (κ2) is 12.8. The van der Waals surface area contributed by atoms with Crippen molar-refractivity contribution < 1.29 is 0 Å². The van der Waals surface area contributed by atoms with Crippen molar-refractivity contribution in [3.05, 3.63) is 172 Å². The number of hydrogen-bond acceptors (Lipinski definition) is 1. The van der Waals surface area contributed by atoms with Crippen LogP contribution in [0.25, 0.3) is 17.7 Å². The van der Waals surface area contributed by atoms with E-state index in [4.69, 9.17) is 4.99 Å². The average molecular weight is 562 g/mol. The fourth-order valence-corrected chi connectivity index (χ4v) is 6.55. The fraction of sp³-hybridized carbons (Fsp3) is 0.214. The van der Waals surface area contributed by atoms with Gasteiger partial charge in [-0.3, -0.25) is 4.99 Å². The molecule has 0 saturated carbocycles. The van der Waals surface area contributed by atoms with Crippen molar-refractivity contribution in [3.63, 3.8) is 0 Å². The largest absolute Gasteiger partial charge is 0.290 e. The predicted octanol–water partition coefficient (Wildman–Crippen LogP) is 11.1. The molecule has 1 unspecified atom stereocenters. The monoisotopic (exact) mass is 561 g/mol. The molecule has 2 aromatic carbocycles. The van der Waals surface area contributed by atoms with Crippen LogP contribution >= 0.6 is 0 Å². The number of allylic oxidation sites excluding steroid dienone is 17. The van der Waals surface area contributed by atoms with Gasteiger partial charge in [0.05, 0.1) is 0 Å². The molecule has 1 heteroatoms. The number of nitrogens with zero attached hydrogens (tertiary/aromatic N) is 1. The van der Waals surface area contributed by atoms with Crippen LogP contribution in [0.1, 0.15) is 80.8 Å². The maximum atomic E-state index is 4.70. The summed E-state index contributed by atoms with van der Waals surface area (Å²) in [6, 6.07) is 13.5. The second-order valence-electron chi connectivity index (χ2n) is 11.9. The highest BCUT2D eigenvalue weighted by molar-refractivity contribution is 6.04. The summed E-state index contributed by atoms with van der Waals surface area (Å²) in [5.74, 6) is 0.351. The molecule has 3 aliphatic carbocycles. The van der Waals surface area contributed by atoms with Gasteiger partial charge < -0.3 is 0 Å². The summed E-state index contributed by atoms with van der Waals surface area (Å²) in [5.41, 5.74) is 14.6. The molecular weight excluding hydrogens is 518 g/mol. The van der Waals surface area contributed by atoms with E-state index in [1.54, 1.807) is 0 Å². The third kappa shape index (κ3) is 6.04. The lowest BCUT2D eigenvalue weighted by Gasteiger charge is -2.24. The first-order chi connectivity index (χ1) is 20.8. The first-order valence-corrected chi connectivity index (χ1v) is 15.4. The van der Waals surface area contributed by atoms with Crippen LogP contribution < -0.4 is 0 Å². The minimum atomic E-state index is -0.0382. The van der Waals surface area contributed by atoms with Gasteiger partial charge in [-0.1, -0.05) is 130 Å². The third-order valence-corrected chi connectivity index (χ3v) is 8.62. The molecule has 2 aromatic rings. The van der Waals surface area contributed by atoms with Gasteiger partial charge in [-0.2, -0.15) is 0 Å². The van der Waals surface area contributed by atoms with Gasteiger partial charge in [0.25, 0.3) is 0 Å². The van der Waals surface area contributed by atoms with Crippen LogP contribution in [0, 0.1) is 0 Å². The molecule has 5 rings (SSSR count). The standard InChI is InChI=1S/C42H43N/c1-8-11-12-13-15-34-21-18-32(17-16-29(4)39-27-31(14-9-2)19-22-35(39)30(5)43-10-3)26-33-20-23-37-38-25-24-36(34)41(38)42(6,7)40(37)28-33/h8-9,11-28,38H,4,10H2,1-3,5-7H3/b11-8-,13-12-,14-9-,17-16-,21-18+,32-26-,34-15+,43-30?. The number of benzene rings is 2. The SMILES string of the molecule is C=C(\C=C/C1=C/c2ccc3c(c2)C(C)(C)C2=C(C=CC23)C(=C\C=C/C=C\C)\C=C\1)c1cc(/C=C\C)ccc1C(C)=NCC. The Balaban J connectivity index is 1.61. The Bertz CT molecular complexity index is 1750. The molecule has 0 aliphatic heterocycles. The van der Waals surface area contributed by atoms with Crippen LogP contribution in [0.4, 0.5) is 0 Å². The maximum absolute atomic E-state index is 4.70. The Morgan fingerprint density at radius 1 is 0.930 bits per heavy atom. The number of fused-ring (bicyclic) bond motifs is 2. The Hall–Kier alpha value is -4.49. The van der Waals surface area contributed by atoms with Gasteiger partial charge in [0, 0.05) is 29.2 Å². The van der Waals surface area contributed by atoms with E-state index in [0.29, 0.717) is 5.92 Å². The summed E-state index contributed by atoms with van der Waals surface area (Å²) >= 11 is 0. The van der Waals surface area contributed by atoms with Crippen LogP contribution in [0.5, 0.6) is 0 Å². The van der Waals surface area contributed by atoms with Gasteiger partial charge in [-0.25, -0.2) is 0 Å². The highest BCUT2D eigenvalue weighted by Crippen LogP contribution is 2.56. The number of rotatable bonds is 8. The summed E-state index contributed by atoms with van der Waals surface area (Å²) in [4.78, 5) is 4.70. The van der Waals surface area contributed by atoms with Gasteiger partial charge >= 0.3 is 0 Å². The Morgan fingerprint density at radius 2 is 1.77 bits per heavy atom. The smallest absolute Gasteiger partial charge is 0.0395 e. The molecule has 0 radical (unpaired) electrons. The van der Waals surface area contributed by atoms with E-state index in [9.17, 15) is 0 Å². The highest BCUT2D eigenvalue weighted by Gasteiger charge is 2.44. The minimum Gasteiger partial charge on any atom is -0.290 e.